The Labute approximate surface area is 127 Å². The maximum Gasteiger partial charge on any atom is 0.0818 e. The molecular weight excluding hydrogens is 258 g/mol. The third kappa shape index (κ3) is 3.11. The maximum atomic E-state index is 10.7. The average Bonchev–Trinajstić information content (AvgIpc) is 2.46. The van der Waals surface area contributed by atoms with Gasteiger partial charge >= 0.3 is 0 Å². The highest BCUT2D eigenvalue weighted by Crippen LogP contribution is 2.42. The quantitative estimate of drug-likeness (QED) is 0.859. The molecule has 0 saturated heterocycles. The molecule has 1 aromatic carbocycles. The number of nitrogens with zero attached hydrogens (tertiary/aromatic N) is 1. The summed E-state index contributed by atoms with van der Waals surface area (Å²) < 4.78 is 0. The van der Waals surface area contributed by atoms with Crippen LogP contribution in [-0.2, 0) is 0 Å². The number of hydrogen-bond acceptors (Lipinski definition) is 2. The molecular formula is C19H25NO. The first-order chi connectivity index (χ1) is 9.94. The van der Waals surface area contributed by atoms with Crippen LogP contribution in [0.3, 0.4) is 0 Å². The Balaban J connectivity index is 1.81. The lowest BCUT2D eigenvalue weighted by Gasteiger charge is -2.36. The van der Waals surface area contributed by atoms with Crippen molar-refractivity contribution < 1.29 is 5.11 Å². The lowest BCUT2D eigenvalue weighted by molar-refractivity contribution is 0.0568. The van der Waals surface area contributed by atoms with Gasteiger partial charge in [-0.3, -0.25) is 4.98 Å². The number of pyridine rings is 1. The molecule has 1 fully saturated rings. The van der Waals surface area contributed by atoms with E-state index in [9.17, 15) is 5.11 Å². The molecule has 2 nitrogen and oxygen atoms in total. The fraction of sp³-hybridized carbons (Fsp3) is 0.526. The summed E-state index contributed by atoms with van der Waals surface area (Å²) in [7, 11) is 0. The summed E-state index contributed by atoms with van der Waals surface area (Å²) in [6.45, 7) is 6.67. The standard InChI is InChI=1S/C19H25NO/c1-13-4-5-15-12-16(6-7-17(15)20-13)18(21)14-8-10-19(2,3)11-9-14/h4-7,12,14,18,21H,8-11H2,1-3H3. The first-order valence-electron chi connectivity index (χ1n) is 8.00. The van der Waals surface area contributed by atoms with Crippen LogP contribution in [-0.4, -0.2) is 10.1 Å². The minimum atomic E-state index is -0.341. The van der Waals surface area contributed by atoms with Crippen molar-refractivity contribution in [3.63, 3.8) is 0 Å². The van der Waals surface area contributed by atoms with E-state index in [1.807, 2.05) is 25.1 Å². The first-order valence-corrected chi connectivity index (χ1v) is 8.00. The van der Waals surface area contributed by atoms with Gasteiger partial charge in [0.25, 0.3) is 0 Å². The van der Waals surface area contributed by atoms with Gasteiger partial charge in [-0.2, -0.15) is 0 Å². The van der Waals surface area contributed by atoms with E-state index in [0.717, 1.165) is 35.0 Å². The predicted octanol–water partition coefficient (Wildman–Crippen LogP) is 4.79. The highest BCUT2D eigenvalue weighted by molar-refractivity contribution is 5.79. The Hall–Kier alpha value is -1.41. The van der Waals surface area contributed by atoms with Crippen LogP contribution in [0.25, 0.3) is 10.9 Å². The lowest BCUT2D eigenvalue weighted by Crippen LogP contribution is -2.25. The van der Waals surface area contributed by atoms with Crippen molar-refractivity contribution >= 4 is 10.9 Å². The van der Waals surface area contributed by atoms with Gasteiger partial charge in [-0.15, -0.1) is 0 Å². The third-order valence-corrected chi connectivity index (χ3v) is 5.02. The van der Waals surface area contributed by atoms with E-state index in [1.54, 1.807) is 0 Å². The second-order valence-corrected chi connectivity index (χ2v) is 7.35. The van der Waals surface area contributed by atoms with E-state index in [1.165, 1.54) is 12.8 Å². The van der Waals surface area contributed by atoms with Crippen LogP contribution < -0.4 is 0 Å². The Morgan fingerprint density at radius 2 is 1.86 bits per heavy atom. The fourth-order valence-electron chi connectivity index (χ4n) is 3.44. The minimum Gasteiger partial charge on any atom is -0.388 e. The smallest absolute Gasteiger partial charge is 0.0818 e. The van der Waals surface area contributed by atoms with E-state index in [4.69, 9.17) is 0 Å². The molecule has 1 heterocycles. The first kappa shape index (κ1) is 14.5. The summed E-state index contributed by atoms with van der Waals surface area (Å²) >= 11 is 0. The van der Waals surface area contributed by atoms with Crippen LogP contribution in [0, 0.1) is 18.3 Å². The molecule has 2 aromatic rings. The van der Waals surface area contributed by atoms with Crippen molar-refractivity contribution in [3.05, 3.63) is 41.6 Å². The number of hydrogen-bond donors (Lipinski definition) is 1. The zero-order chi connectivity index (χ0) is 15.0. The Morgan fingerprint density at radius 3 is 2.57 bits per heavy atom. The molecule has 21 heavy (non-hydrogen) atoms. The predicted molar refractivity (Wildman–Crippen MR) is 87.2 cm³/mol. The zero-order valence-corrected chi connectivity index (χ0v) is 13.3. The van der Waals surface area contributed by atoms with Crippen LogP contribution in [0.1, 0.15) is 56.9 Å². The van der Waals surface area contributed by atoms with E-state index in [-0.39, 0.29) is 6.10 Å². The number of rotatable bonds is 2. The van der Waals surface area contributed by atoms with Crippen LogP contribution in [0.2, 0.25) is 0 Å². The summed E-state index contributed by atoms with van der Waals surface area (Å²) in [6.07, 6.45) is 4.33. The Bertz CT molecular complexity index is 637. The molecule has 2 heteroatoms. The van der Waals surface area contributed by atoms with Crippen LogP contribution in [0.4, 0.5) is 0 Å². The molecule has 1 N–H and O–H groups in total. The van der Waals surface area contributed by atoms with Gasteiger partial charge < -0.3 is 5.11 Å². The van der Waals surface area contributed by atoms with Gasteiger partial charge in [-0.25, -0.2) is 0 Å². The Kier molecular flexibility index (Phi) is 3.75. The van der Waals surface area contributed by atoms with Crippen molar-refractivity contribution in [1.82, 2.24) is 4.98 Å². The van der Waals surface area contributed by atoms with Gasteiger partial charge in [-0.05, 0) is 67.7 Å². The molecule has 112 valence electrons. The van der Waals surface area contributed by atoms with E-state index in [0.29, 0.717) is 11.3 Å². The van der Waals surface area contributed by atoms with Gasteiger partial charge in [0.15, 0.2) is 0 Å². The highest BCUT2D eigenvalue weighted by atomic mass is 16.3. The number of aliphatic hydroxyl groups excluding tert-OH is 1. The van der Waals surface area contributed by atoms with Crippen molar-refractivity contribution in [3.8, 4) is 0 Å². The van der Waals surface area contributed by atoms with Crippen molar-refractivity contribution in [2.75, 3.05) is 0 Å². The summed E-state index contributed by atoms with van der Waals surface area (Å²) in [5.74, 6) is 0.397. The molecule has 1 aromatic heterocycles. The maximum absolute atomic E-state index is 10.7. The highest BCUT2D eigenvalue weighted by Gasteiger charge is 2.31. The minimum absolute atomic E-state index is 0.341. The van der Waals surface area contributed by atoms with Gasteiger partial charge in [-0.1, -0.05) is 26.0 Å². The second-order valence-electron chi connectivity index (χ2n) is 7.35. The Morgan fingerprint density at radius 1 is 1.14 bits per heavy atom. The van der Waals surface area contributed by atoms with Crippen molar-refractivity contribution in [1.29, 1.82) is 0 Å². The number of benzene rings is 1. The normalized spacial score (nSPS) is 20.6. The van der Waals surface area contributed by atoms with Gasteiger partial charge in [0, 0.05) is 11.1 Å². The third-order valence-electron chi connectivity index (χ3n) is 5.02. The molecule has 0 radical (unpaired) electrons. The monoisotopic (exact) mass is 283 g/mol. The van der Waals surface area contributed by atoms with Gasteiger partial charge in [0.05, 0.1) is 11.6 Å². The van der Waals surface area contributed by atoms with Crippen LogP contribution >= 0.6 is 0 Å². The lowest BCUT2D eigenvalue weighted by atomic mass is 9.71. The fourth-order valence-corrected chi connectivity index (χ4v) is 3.44. The van der Waals surface area contributed by atoms with Crippen molar-refractivity contribution in [2.24, 2.45) is 11.3 Å². The van der Waals surface area contributed by atoms with Crippen LogP contribution in [0.5, 0.6) is 0 Å². The summed E-state index contributed by atoms with van der Waals surface area (Å²) in [5.41, 5.74) is 3.53. The average molecular weight is 283 g/mol. The van der Waals surface area contributed by atoms with Crippen molar-refractivity contribution in [2.45, 2.75) is 52.6 Å². The largest absolute Gasteiger partial charge is 0.388 e. The number of aromatic nitrogens is 1. The molecule has 1 atom stereocenters. The number of aliphatic hydroxyl groups is 1. The van der Waals surface area contributed by atoms with E-state index >= 15 is 0 Å². The molecule has 1 aliphatic carbocycles. The zero-order valence-electron chi connectivity index (χ0n) is 13.3. The SMILES string of the molecule is Cc1ccc2cc(C(O)C3CCC(C)(C)CC3)ccc2n1. The summed E-state index contributed by atoms with van der Waals surface area (Å²) in [6, 6.07) is 10.3. The number of aryl methyl sites for hydroxylation is 1. The van der Waals surface area contributed by atoms with E-state index in [2.05, 4.69) is 31.0 Å². The molecule has 1 unspecified atom stereocenters. The number of fused-ring (bicyclic) bond motifs is 1. The molecule has 1 aliphatic rings. The van der Waals surface area contributed by atoms with E-state index < -0.39 is 0 Å². The molecule has 0 bridgehead atoms. The van der Waals surface area contributed by atoms with Crippen LogP contribution in [0.15, 0.2) is 30.3 Å². The summed E-state index contributed by atoms with van der Waals surface area (Å²) in [4.78, 5) is 4.53. The second kappa shape index (κ2) is 5.42. The summed E-state index contributed by atoms with van der Waals surface area (Å²) in [5, 5.41) is 11.8. The molecule has 0 spiro atoms. The van der Waals surface area contributed by atoms with Gasteiger partial charge in [0.1, 0.15) is 0 Å². The molecule has 1 saturated carbocycles. The van der Waals surface area contributed by atoms with Gasteiger partial charge in [0.2, 0.25) is 0 Å². The molecule has 3 rings (SSSR count). The topological polar surface area (TPSA) is 33.1 Å². The molecule has 0 amide bonds. The molecule has 0 aliphatic heterocycles.